The SMILES string of the molecule is CCOc1cc(C)c(Cl)c(C)c1C(=O)CCC(=O)OC. The number of ketones is 1. The molecule has 0 radical (unpaired) electrons. The third kappa shape index (κ3) is 3.73. The Kier molecular flexibility index (Phi) is 6.02. The van der Waals surface area contributed by atoms with E-state index >= 15 is 0 Å². The zero-order valence-corrected chi connectivity index (χ0v) is 13.0. The van der Waals surface area contributed by atoms with Gasteiger partial charge in [-0.1, -0.05) is 11.6 Å². The lowest BCUT2D eigenvalue weighted by Crippen LogP contribution is -2.10. The van der Waals surface area contributed by atoms with Gasteiger partial charge in [0.15, 0.2) is 5.78 Å². The van der Waals surface area contributed by atoms with Gasteiger partial charge in [0, 0.05) is 11.4 Å². The van der Waals surface area contributed by atoms with Gasteiger partial charge in [0.1, 0.15) is 5.75 Å². The summed E-state index contributed by atoms with van der Waals surface area (Å²) >= 11 is 6.19. The van der Waals surface area contributed by atoms with E-state index in [2.05, 4.69) is 4.74 Å². The number of halogens is 1. The van der Waals surface area contributed by atoms with Crippen LogP contribution in [0.4, 0.5) is 0 Å². The van der Waals surface area contributed by atoms with E-state index in [0.717, 1.165) is 5.56 Å². The summed E-state index contributed by atoms with van der Waals surface area (Å²) in [5.41, 5.74) is 1.99. The maximum Gasteiger partial charge on any atom is 0.305 e. The highest BCUT2D eigenvalue weighted by Crippen LogP contribution is 2.32. The highest BCUT2D eigenvalue weighted by molar-refractivity contribution is 6.32. The Hall–Kier alpha value is -1.55. The number of ether oxygens (including phenoxy) is 2. The van der Waals surface area contributed by atoms with Crippen molar-refractivity contribution in [3.8, 4) is 5.75 Å². The van der Waals surface area contributed by atoms with Gasteiger partial charge in [-0.2, -0.15) is 0 Å². The van der Waals surface area contributed by atoms with Crippen LogP contribution in [-0.2, 0) is 9.53 Å². The molecular formula is C15H19ClO4. The molecule has 0 saturated carbocycles. The van der Waals surface area contributed by atoms with E-state index in [-0.39, 0.29) is 18.6 Å². The molecule has 0 aliphatic rings. The Labute approximate surface area is 124 Å². The van der Waals surface area contributed by atoms with Crippen molar-refractivity contribution < 1.29 is 19.1 Å². The van der Waals surface area contributed by atoms with Gasteiger partial charge in [-0.15, -0.1) is 0 Å². The van der Waals surface area contributed by atoms with Gasteiger partial charge in [0.2, 0.25) is 0 Å². The molecule has 0 heterocycles. The van der Waals surface area contributed by atoms with Gasteiger partial charge < -0.3 is 9.47 Å². The number of benzene rings is 1. The number of carbonyl (C=O) groups is 2. The Morgan fingerprint density at radius 2 is 1.90 bits per heavy atom. The summed E-state index contributed by atoms with van der Waals surface area (Å²) in [5, 5.41) is 0.551. The van der Waals surface area contributed by atoms with Crippen LogP contribution in [0.25, 0.3) is 0 Å². The van der Waals surface area contributed by atoms with E-state index in [1.165, 1.54) is 7.11 Å². The van der Waals surface area contributed by atoms with Crippen LogP contribution in [0.15, 0.2) is 6.07 Å². The lowest BCUT2D eigenvalue weighted by Gasteiger charge is -2.15. The maximum absolute atomic E-state index is 12.3. The van der Waals surface area contributed by atoms with Gasteiger partial charge in [-0.05, 0) is 38.0 Å². The molecule has 0 unspecified atom stereocenters. The number of carbonyl (C=O) groups excluding carboxylic acids is 2. The molecule has 0 saturated heterocycles. The monoisotopic (exact) mass is 298 g/mol. The van der Waals surface area contributed by atoms with Crippen molar-refractivity contribution in [1.82, 2.24) is 0 Å². The predicted molar refractivity (Wildman–Crippen MR) is 77.7 cm³/mol. The number of hydrogen-bond donors (Lipinski definition) is 0. The van der Waals surface area contributed by atoms with E-state index in [1.807, 2.05) is 13.8 Å². The highest BCUT2D eigenvalue weighted by atomic mass is 35.5. The highest BCUT2D eigenvalue weighted by Gasteiger charge is 2.20. The van der Waals surface area contributed by atoms with Gasteiger partial charge in [0.25, 0.3) is 0 Å². The zero-order valence-electron chi connectivity index (χ0n) is 12.2. The van der Waals surface area contributed by atoms with Crippen LogP contribution in [-0.4, -0.2) is 25.5 Å². The molecule has 0 fully saturated rings. The summed E-state index contributed by atoms with van der Waals surface area (Å²) in [6.07, 6.45) is 0.124. The first-order valence-corrected chi connectivity index (χ1v) is 6.82. The van der Waals surface area contributed by atoms with Crippen molar-refractivity contribution in [3.05, 3.63) is 27.8 Å². The Bertz CT molecular complexity index is 523. The fraction of sp³-hybridized carbons (Fsp3) is 0.467. The van der Waals surface area contributed by atoms with Gasteiger partial charge in [0.05, 0.1) is 25.7 Å². The summed E-state index contributed by atoms with van der Waals surface area (Å²) in [4.78, 5) is 23.4. The molecule has 0 aromatic heterocycles. The number of aryl methyl sites for hydroxylation is 1. The first-order chi connectivity index (χ1) is 9.42. The molecule has 0 aliphatic heterocycles. The molecule has 0 bridgehead atoms. The summed E-state index contributed by atoms with van der Waals surface area (Å²) < 4.78 is 10.1. The van der Waals surface area contributed by atoms with Crippen LogP contribution >= 0.6 is 11.6 Å². The number of esters is 1. The molecule has 4 nitrogen and oxygen atoms in total. The Morgan fingerprint density at radius 3 is 2.45 bits per heavy atom. The van der Waals surface area contributed by atoms with E-state index in [4.69, 9.17) is 16.3 Å². The second-order valence-corrected chi connectivity index (χ2v) is 4.82. The van der Waals surface area contributed by atoms with Crippen molar-refractivity contribution in [3.63, 3.8) is 0 Å². The fourth-order valence-corrected chi connectivity index (χ4v) is 2.13. The Morgan fingerprint density at radius 1 is 1.25 bits per heavy atom. The predicted octanol–water partition coefficient (Wildman–Crippen LogP) is 3.49. The van der Waals surface area contributed by atoms with Crippen LogP contribution in [0, 0.1) is 13.8 Å². The van der Waals surface area contributed by atoms with Crippen molar-refractivity contribution in [1.29, 1.82) is 0 Å². The molecule has 1 aromatic rings. The minimum atomic E-state index is -0.410. The minimum Gasteiger partial charge on any atom is -0.493 e. The van der Waals surface area contributed by atoms with Crippen LogP contribution in [0.1, 0.15) is 41.3 Å². The minimum absolute atomic E-state index is 0.0475. The summed E-state index contributed by atoms with van der Waals surface area (Å²) in [7, 11) is 1.30. The second kappa shape index (κ2) is 7.29. The molecule has 0 spiro atoms. The summed E-state index contributed by atoms with van der Waals surface area (Å²) in [6, 6.07) is 1.75. The van der Waals surface area contributed by atoms with Crippen LogP contribution in [0.2, 0.25) is 5.02 Å². The lowest BCUT2D eigenvalue weighted by molar-refractivity contribution is -0.140. The fourth-order valence-electron chi connectivity index (χ4n) is 1.98. The Balaban J connectivity index is 3.11. The standard InChI is InChI=1S/C15H19ClO4/c1-5-20-12-8-9(2)15(16)10(3)14(12)11(17)6-7-13(18)19-4/h8H,5-7H2,1-4H3. The third-order valence-corrected chi connectivity index (χ3v) is 3.59. The number of rotatable bonds is 6. The molecule has 0 atom stereocenters. The van der Waals surface area contributed by atoms with Crippen LogP contribution in [0.3, 0.4) is 0 Å². The maximum atomic E-state index is 12.3. The molecule has 1 aromatic carbocycles. The van der Waals surface area contributed by atoms with Crippen molar-refractivity contribution in [2.45, 2.75) is 33.6 Å². The first kappa shape index (κ1) is 16.5. The van der Waals surface area contributed by atoms with Gasteiger partial charge in [-0.3, -0.25) is 9.59 Å². The van der Waals surface area contributed by atoms with Gasteiger partial charge in [-0.25, -0.2) is 0 Å². The van der Waals surface area contributed by atoms with E-state index in [9.17, 15) is 9.59 Å². The van der Waals surface area contributed by atoms with Crippen LogP contribution < -0.4 is 4.74 Å². The van der Waals surface area contributed by atoms with Gasteiger partial charge >= 0.3 is 5.97 Å². The summed E-state index contributed by atoms with van der Waals surface area (Å²) in [5.74, 6) is -0.0628. The lowest BCUT2D eigenvalue weighted by atomic mass is 9.98. The average molecular weight is 299 g/mol. The van der Waals surface area contributed by atoms with Crippen molar-refractivity contribution in [2.24, 2.45) is 0 Å². The molecule has 20 heavy (non-hydrogen) atoms. The van der Waals surface area contributed by atoms with E-state index in [0.29, 0.717) is 28.5 Å². The molecule has 0 N–H and O–H groups in total. The van der Waals surface area contributed by atoms with E-state index < -0.39 is 5.97 Å². The number of hydrogen-bond acceptors (Lipinski definition) is 4. The van der Waals surface area contributed by atoms with E-state index in [1.54, 1.807) is 13.0 Å². The smallest absolute Gasteiger partial charge is 0.305 e. The zero-order chi connectivity index (χ0) is 15.3. The molecule has 1 rings (SSSR count). The molecule has 0 aliphatic carbocycles. The van der Waals surface area contributed by atoms with Crippen molar-refractivity contribution in [2.75, 3.05) is 13.7 Å². The quantitative estimate of drug-likeness (QED) is 0.596. The number of methoxy groups -OCH3 is 1. The molecule has 0 amide bonds. The largest absolute Gasteiger partial charge is 0.493 e. The van der Waals surface area contributed by atoms with Crippen LogP contribution in [0.5, 0.6) is 5.75 Å². The molecule has 5 heteroatoms. The first-order valence-electron chi connectivity index (χ1n) is 6.44. The number of Topliss-reactive ketones (excluding diaryl/α,β-unsaturated/α-hetero) is 1. The average Bonchev–Trinajstić information content (AvgIpc) is 2.42. The normalized spacial score (nSPS) is 10.2. The van der Waals surface area contributed by atoms with Crippen molar-refractivity contribution >= 4 is 23.4 Å². The topological polar surface area (TPSA) is 52.6 Å². The molecular weight excluding hydrogens is 280 g/mol. The third-order valence-electron chi connectivity index (χ3n) is 3.01. The molecule has 110 valence electrons. The second-order valence-electron chi connectivity index (χ2n) is 4.44. The summed E-state index contributed by atoms with van der Waals surface area (Å²) in [6.45, 7) is 5.95.